The summed E-state index contributed by atoms with van der Waals surface area (Å²) >= 11 is 2.81. The van der Waals surface area contributed by atoms with E-state index >= 15 is 0 Å². The number of amides is 2. The van der Waals surface area contributed by atoms with Gasteiger partial charge in [-0.1, -0.05) is 20.8 Å². The van der Waals surface area contributed by atoms with Crippen molar-refractivity contribution in [2.75, 3.05) is 10.6 Å². The first-order chi connectivity index (χ1) is 11.0. The molecule has 8 heteroatoms. The van der Waals surface area contributed by atoms with E-state index in [0.717, 1.165) is 11.3 Å². The maximum atomic E-state index is 12.0. The molecule has 0 aliphatic heterocycles. The van der Waals surface area contributed by atoms with E-state index in [2.05, 4.69) is 34.4 Å². The topological polar surface area (TPSA) is 84.0 Å². The highest BCUT2D eigenvalue weighted by atomic mass is 32.1. The minimum absolute atomic E-state index is 0.0538. The van der Waals surface area contributed by atoms with Crippen molar-refractivity contribution in [3.8, 4) is 0 Å². The van der Waals surface area contributed by atoms with Crippen LogP contribution >= 0.6 is 22.7 Å². The molecule has 23 heavy (non-hydrogen) atoms. The molecule has 2 aromatic heterocycles. The smallest absolute Gasteiger partial charge is 0.232 e. The highest BCUT2D eigenvalue weighted by Crippen LogP contribution is 2.25. The number of hydrogen-bond donors (Lipinski definition) is 2. The lowest BCUT2D eigenvalue weighted by atomic mass is 10.2. The molecule has 0 aliphatic carbocycles. The van der Waals surface area contributed by atoms with Gasteiger partial charge in [-0.15, -0.1) is 22.7 Å². The van der Waals surface area contributed by atoms with E-state index in [1.54, 1.807) is 11.6 Å². The number of carbonyl (C=O) groups is 2. The number of anilines is 2. The summed E-state index contributed by atoms with van der Waals surface area (Å²) in [6, 6.07) is 0. The van der Waals surface area contributed by atoms with Gasteiger partial charge in [0.1, 0.15) is 0 Å². The molecule has 124 valence electrons. The molecule has 0 saturated carbocycles. The molecule has 0 unspecified atom stereocenters. The number of carbonyl (C=O) groups excluding carboxylic acids is 2. The van der Waals surface area contributed by atoms with Crippen molar-refractivity contribution in [3.63, 3.8) is 0 Å². The average molecular weight is 352 g/mol. The number of rotatable bonds is 7. The average Bonchev–Trinajstić information content (AvgIpc) is 3.09. The van der Waals surface area contributed by atoms with Crippen LogP contribution in [0.5, 0.6) is 0 Å². The Morgan fingerprint density at radius 1 is 1.22 bits per heavy atom. The summed E-state index contributed by atoms with van der Waals surface area (Å²) in [6.07, 6.45) is 3.21. The lowest BCUT2D eigenvalue weighted by molar-refractivity contribution is -0.116. The molecular weight excluding hydrogens is 332 g/mol. The Labute approximate surface area is 143 Å². The molecule has 6 nitrogen and oxygen atoms in total. The second-order valence-electron chi connectivity index (χ2n) is 5.39. The third kappa shape index (κ3) is 5.40. The number of nitrogens with one attached hydrogen (secondary N) is 2. The zero-order chi connectivity index (χ0) is 16.8. The van der Waals surface area contributed by atoms with E-state index < -0.39 is 0 Å². The maximum absolute atomic E-state index is 12.0. The van der Waals surface area contributed by atoms with Crippen LogP contribution in [-0.2, 0) is 16.0 Å². The number of thiazole rings is 2. The van der Waals surface area contributed by atoms with Crippen molar-refractivity contribution < 1.29 is 9.59 Å². The molecule has 2 heterocycles. The summed E-state index contributed by atoms with van der Waals surface area (Å²) in [6.45, 7) is 6.12. The van der Waals surface area contributed by atoms with E-state index in [1.165, 1.54) is 22.7 Å². The van der Waals surface area contributed by atoms with E-state index in [9.17, 15) is 9.59 Å². The van der Waals surface area contributed by atoms with Gasteiger partial charge in [0, 0.05) is 22.9 Å². The van der Waals surface area contributed by atoms with Gasteiger partial charge in [0.2, 0.25) is 11.8 Å². The van der Waals surface area contributed by atoms with Crippen LogP contribution < -0.4 is 10.6 Å². The fourth-order valence-electron chi connectivity index (χ4n) is 1.79. The fourth-order valence-corrected chi connectivity index (χ4v) is 3.35. The van der Waals surface area contributed by atoms with Gasteiger partial charge in [0.25, 0.3) is 0 Å². The van der Waals surface area contributed by atoms with Crippen molar-refractivity contribution in [3.05, 3.63) is 22.1 Å². The molecule has 0 fully saturated rings. The van der Waals surface area contributed by atoms with E-state index in [1.807, 2.05) is 6.92 Å². The van der Waals surface area contributed by atoms with Gasteiger partial charge in [0.05, 0.1) is 12.1 Å². The summed E-state index contributed by atoms with van der Waals surface area (Å²) in [5.41, 5.74) is 0.639. The Hall–Kier alpha value is -1.80. The Balaban J connectivity index is 1.87. The number of hydrogen-bond acceptors (Lipinski definition) is 6. The van der Waals surface area contributed by atoms with Crippen LogP contribution in [0.2, 0.25) is 0 Å². The van der Waals surface area contributed by atoms with Gasteiger partial charge < -0.3 is 10.6 Å². The van der Waals surface area contributed by atoms with E-state index in [4.69, 9.17) is 0 Å². The second-order valence-corrected chi connectivity index (χ2v) is 7.31. The second kappa shape index (κ2) is 8.16. The van der Waals surface area contributed by atoms with Crippen LogP contribution in [0.1, 0.15) is 50.1 Å². The quantitative estimate of drug-likeness (QED) is 0.797. The molecule has 0 saturated heterocycles. The molecule has 2 N–H and O–H groups in total. The normalized spacial score (nSPS) is 10.8. The van der Waals surface area contributed by atoms with Crippen molar-refractivity contribution in [2.45, 2.75) is 46.0 Å². The van der Waals surface area contributed by atoms with Gasteiger partial charge in [-0.25, -0.2) is 9.97 Å². The van der Waals surface area contributed by atoms with Crippen molar-refractivity contribution in [2.24, 2.45) is 0 Å². The minimum atomic E-state index is -0.161. The number of aromatic nitrogens is 2. The molecular formula is C15H20N4O2S2. The van der Waals surface area contributed by atoms with Gasteiger partial charge in [0.15, 0.2) is 10.3 Å². The first-order valence-electron chi connectivity index (χ1n) is 7.47. The molecule has 2 rings (SSSR count). The van der Waals surface area contributed by atoms with Gasteiger partial charge >= 0.3 is 0 Å². The van der Waals surface area contributed by atoms with Crippen molar-refractivity contribution in [1.82, 2.24) is 9.97 Å². The Bertz CT molecular complexity index is 679. The minimum Gasteiger partial charge on any atom is -0.302 e. The zero-order valence-corrected chi connectivity index (χ0v) is 15.0. The standard InChI is InChI=1S/C15H20N4O2S2/c1-4-5-12(20)18-15-17-10(8-22-15)6-13(21)19-14-16-7-11(23-14)9(2)3/h7-9H,4-6H2,1-3H3,(H,16,19,21)(H,17,18,20). The largest absolute Gasteiger partial charge is 0.302 e. The fraction of sp³-hybridized carbons (Fsp3) is 0.467. The molecule has 2 aromatic rings. The van der Waals surface area contributed by atoms with E-state index in [-0.39, 0.29) is 18.2 Å². The lowest BCUT2D eigenvalue weighted by Crippen LogP contribution is -2.14. The summed E-state index contributed by atoms with van der Waals surface area (Å²) in [5, 5.41) is 8.42. The maximum Gasteiger partial charge on any atom is 0.232 e. The molecule has 2 amide bonds. The third-order valence-electron chi connectivity index (χ3n) is 2.96. The predicted molar refractivity (Wildman–Crippen MR) is 94.2 cm³/mol. The van der Waals surface area contributed by atoms with E-state index in [0.29, 0.717) is 28.3 Å². The molecule has 0 radical (unpaired) electrons. The summed E-state index contributed by atoms with van der Waals surface area (Å²) < 4.78 is 0. The summed E-state index contributed by atoms with van der Waals surface area (Å²) in [7, 11) is 0. The molecule has 0 aliphatic rings. The SMILES string of the molecule is CCCC(=O)Nc1nc(CC(=O)Nc2ncc(C(C)C)s2)cs1. The number of nitrogens with zero attached hydrogens (tertiary/aromatic N) is 2. The van der Waals surface area contributed by atoms with Crippen LogP contribution in [0, 0.1) is 0 Å². The first-order valence-corrected chi connectivity index (χ1v) is 9.17. The Kier molecular flexibility index (Phi) is 6.23. The zero-order valence-electron chi connectivity index (χ0n) is 13.4. The van der Waals surface area contributed by atoms with Crippen LogP contribution in [-0.4, -0.2) is 21.8 Å². The third-order valence-corrected chi connectivity index (χ3v) is 4.98. The van der Waals surface area contributed by atoms with Gasteiger partial charge in [-0.3, -0.25) is 9.59 Å². The molecule has 0 spiro atoms. The highest BCUT2D eigenvalue weighted by molar-refractivity contribution is 7.15. The van der Waals surface area contributed by atoms with Gasteiger partial charge in [-0.05, 0) is 12.3 Å². The Morgan fingerprint density at radius 2 is 1.96 bits per heavy atom. The summed E-state index contributed by atoms with van der Waals surface area (Å²) in [5.74, 6) is 0.180. The summed E-state index contributed by atoms with van der Waals surface area (Å²) in [4.78, 5) is 33.1. The monoisotopic (exact) mass is 352 g/mol. The van der Waals surface area contributed by atoms with Crippen LogP contribution in [0.25, 0.3) is 0 Å². The molecule has 0 bridgehead atoms. The van der Waals surface area contributed by atoms with Gasteiger partial charge in [-0.2, -0.15) is 0 Å². The Morgan fingerprint density at radius 3 is 2.61 bits per heavy atom. The van der Waals surface area contributed by atoms with Crippen LogP contribution in [0.4, 0.5) is 10.3 Å². The predicted octanol–water partition coefficient (Wildman–Crippen LogP) is 3.64. The molecule has 0 atom stereocenters. The van der Waals surface area contributed by atoms with Crippen LogP contribution in [0.15, 0.2) is 11.6 Å². The van der Waals surface area contributed by atoms with Crippen molar-refractivity contribution in [1.29, 1.82) is 0 Å². The molecule has 0 aromatic carbocycles. The highest BCUT2D eigenvalue weighted by Gasteiger charge is 2.12. The van der Waals surface area contributed by atoms with Crippen LogP contribution in [0.3, 0.4) is 0 Å². The first kappa shape index (κ1) is 17.6. The lowest BCUT2D eigenvalue weighted by Gasteiger charge is -2.00. The van der Waals surface area contributed by atoms with Crippen molar-refractivity contribution >= 4 is 44.8 Å².